The van der Waals surface area contributed by atoms with Crippen molar-refractivity contribution in [1.29, 1.82) is 0 Å². The lowest BCUT2D eigenvalue weighted by atomic mass is 10.0. The van der Waals surface area contributed by atoms with Gasteiger partial charge in [0, 0.05) is 45.7 Å². The van der Waals surface area contributed by atoms with Crippen LogP contribution in [0.15, 0.2) is 25.0 Å². The number of likely N-dealkylation sites (tertiary alicyclic amines) is 1. The average Bonchev–Trinajstić information content (AvgIpc) is 4.11. The SMILES string of the molecule is NC(=O)CC[C@H](NC(=O)[C@H](CCCN=C(N)N)NC(=O)[C@@H]1CCCN1C(=O)[C@H](CCCN=C(N)N)NC(=O)[C@H](CCCN=C(N)N)NC(=O)[C@H](CCCN=C(N)N)NC(=O)[C@H](CCCN=C(N)N)NC(=O)[C@@H]1CCCN1)C(=O)O. The van der Waals surface area contributed by atoms with Crippen LogP contribution < -0.4 is 100 Å². The van der Waals surface area contributed by atoms with Crippen LogP contribution in [-0.4, -0.2) is 187 Å². The van der Waals surface area contributed by atoms with Crippen molar-refractivity contribution in [2.24, 2.45) is 88.0 Å². The Bertz CT molecular complexity index is 2200. The second kappa shape index (κ2) is 35.8. The van der Waals surface area contributed by atoms with E-state index in [2.05, 4.69) is 62.2 Å². The number of aliphatic imine (C=N–C) groups is 5. The summed E-state index contributed by atoms with van der Waals surface area (Å²) in [6.07, 6.45) is 1.54. The summed E-state index contributed by atoms with van der Waals surface area (Å²) in [7, 11) is 0. The predicted octanol–water partition coefficient (Wildman–Crippen LogP) is -8.74. The molecule has 0 saturated carbocycles. The number of carboxylic acid groups (broad SMARTS) is 1. The number of carbonyl (C=O) groups excluding carboxylic acids is 8. The maximum Gasteiger partial charge on any atom is 0.326 e. The Labute approximate surface area is 457 Å². The first-order valence-corrected chi connectivity index (χ1v) is 26.0. The summed E-state index contributed by atoms with van der Waals surface area (Å²) in [5, 5.41) is 28.7. The first-order valence-electron chi connectivity index (χ1n) is 26.0. The van der Waals surface area contributed by atoms with Crippen LogP contribution in [0.5, 0.6) is 0 Å². The van der Waals surface area contributed by atoms with E-state index in [1.54, 1.807) is 0 Å². The third-order valence-electron chi connectivity index (χ3n) is 12.4. The Hall–Kier alpha value is -8.46. The van der Waals surface area contributed by atoms with E-state index in [1.165, 1.54) is 4.90 Å². The fraction of sp³-hybridized carbons (Fsp3) is 0.689. The number of carbonyl (C=O) groups is 9. The third-order valence-corrected chi connectivity index (χ3v) is 12.4. The van der Waals surface area contributed by atoms with Gasteiger partial charge in [0.15, 0.2) is 29.8 Å². The molecule has 2 rings (SSSR count). The standard InChI is InChI=1S/C45H84N24O10/c46-32(70)16-15-30(40(78)79)68-37(75)28(12-5-21-61-44(53)54)66-38(76)31-14-7-23-69(31)39(77)29(13-6-22-62-45(55)56)67-36(74)27(11-4-20-60-43(51)52)65-35(73)26(10-3-19-59-42(49)50)64-34(72)25(9-2-18-58-41(47)48)63-33(71)24-8-1-17-57-24/h24-31,57H,1-23H2,(H2,46,70)(H,63,71)(H,64,72)(H,65,73)(H,66,76)(H,67,74)(H,68,75)(H,78,79)(H4,47,48,58)(H4,49,50,59)(H4,51,52,60)(H4,53,54,61)(H4,55,56,62)/t24-,25-,26-,27-,28-,29-,30-,31-/m0/s1. The van der Waals surface area contributed by atoms with Crippen LogP contribution >= 0.6 is 0 Å². The molecule has 34 nitrogen and oxygen atoms in total. The maximum atomic E-state index is 14.7. The second-order valence-electron chi connectivity index (χ2n) is 18.8. The van der Waals surface area contributed by atoms with Gasteiger partial charge in [-0.05, 0) is 103 Å². The molecule has 30 N–H and O–H groups in total. The summed E-state index contributed by atoms with van der Waals surface area (Å²) in [4.78, 5) is 143. The number of amides is 8. The minimum Gasteiger partial charge on any atom is -0.480 e. The molecule has 0 spiro atoms. The number of hydrogen-bond acceptors (Lipinski definition) is 15. The van der Waals surface area contributed by atoms with E-state index in [0.717, 1.165) is 6.42 Å². The van der Waals surface area contributed by atoms with Crippen molar-refractivity contribution in [2.45, 2.75) is 151 Å². The van der Waals surface area contributed by atoms with E-state index in [9.17, 15) is 48.3 Å². The number of hydrogen-bond donors (Lipinski definition) is 19. The van der Waals surface area contributed by atoms with E-state index < -0.39 is 102 Å². The molecule has 8 amide bonds. The molecule has 0 aromatic rings. The number of nitrogens with two attached hydrogens (primary N) is 11. The molecule has 2 heterocycles. The van der Waals surface area contributed by atoms with Gasteiger partial charge in [-0.2, -0.15) is 0 Å². The third kappa shape index (κ3) is 26.9. The summed E-state index contributed by atoms with van der Waals surface area (Å²) in [6, 6.07) is -9.95. The van der Waals surface area contributed by atoms with Crippen molar-refractivity contribution in [3.05, 3.63) is 0 Å². The average molecular weight is 1120 g/mol. The van der Waals surface area contributed by atoms with E-state index in [4.69, 9.17) is 63.1 Å². The molecule has 0 unspecified atom stereocenters. The lowest BCUT2D eigenvalue weighted by Crippen LogP contribution is -2.60. The molecule has 0 aromatic heterocycles. The van der Waals surface area contributed by atoms with Crippen LogP contribution in [0.1, 0.15) is 103 Å². The van der Waals surface area contributed by atoms with Gasteiger partial charge in [0.25, 0.3) is 0 Å². The van der Waals surface area contributed by atoms with Gasteiger partial charge in [-0.3, -0.25) is 63.3 Å². The number of guanidine groups is 5. The summed E-state index contributed by atoms with van der Waals surface area (Å²) >= 11 is 0. The largest absolute Gasteiger partial charge is 0.480 e. The molecular formula is C45H84N24O10. The second-order valence-corrected chi connectivity index (χ2v) is 18.8. The molecular weight excluding hydrogens is 1040 g/mol. The minimum absolute atomic E-state index is 0.0147. The molecule has 8 atom stereocenters. The zero-order valence-electron chi connectivity index (χ0n) is 44.5. The molecule has 79 heavy (non-hydrogen) atoms. The molecule has 2 fully saturated rings. The molecule has 0 aliphatic carbocycles. The fourth-order valence-corrected chi connectivity index (χ4v) is 8.44. The van der Waals surface area contributed by atoms with Gasteiger partial charge in [-0.25, -0.2) is 4.79 Å². The van der Waals surface area contributed by atoms with Crippen LogP contribution in [0.25, 0.3) is 0 Å². The smallest absolute Gasteiger partial charge is 0.326 e. The molecule has 0 aromatic carbocycles. The van der Waals surface area contributed by atoms with Gasteiger partial charge in [0.2, 0.25) is 47.3 Å². The van der Waals surface area contributed by atoms with Crippen molar-refractivity contribution in [3.8, 4) is 0 Å². The molecule has 2 saturated heterocycles. The number of aliphatic carboxylic acids is 1. The first-order chi connectivity index (χ1) is 37.4. The number of nitrogens with zero attached hydrogens (tertiary/aromatic N) is 6. The van der Waals surface area contributed by atoms with Gasteiger partial charge in [0.1, 0.15) is 42.3 Å². The summed E-state index contributed by atoms with van der Waals surface area (Å²) in [6.45, 7) is 0.883. The van der Waals surface area contributed by atoms with E-state index in [0.29, 0.717) is 19.4 Å². The highest BCUT2D eigenvalue weighted by atomic mass is 16.4. The van der Waals surface area contributed by atoms with Gasteiger partial charge in [-0.1, -0.05) is 0 Å². The highest BCUT2D eigenvalue weighted by molar-refractivity contribution is 5.98. The zero-order valence-corrected chi connectivity index (χ0v) is 44.5. The fourth-order valence-electron chi connectivity index (χ4n) is 8.44. The Morgan fingerprint density at radius 3 is 1.16 bits per heavy atom. The summed E-state index contributed by atoms with van der Waals surface area (Å²) in [5.41, 5.74) is 60.3. The number of rotatable bonds is 37. The minimum atomic E-state index is -1.55. The van der Waals surface area contributed by atoms with Gasteiger partial charge < -0.3 is 110 Å². The van der Waals surface area contributed by atoms with Crippen molar-refractivity contribution >= 4 is 83.0 Å². The van der Waals surface area contributed by atoms with Crippen molar-refractivity contribution < 1.29 is 48.3 Å². The Morgan fingerprint density at radius 2 is 0.810 bits per heavy atom. The Balaban J connectivity index is 2.53. The topological polar surface area (TPSA) is 609 Å². The quantitative estimate of drug-likeness (QED) is 0.0156. The first kappa shape index (κ1) is 66.7. The monoisotopic (exact) mass is 1120 g/mol. The Kier molecular flexibility index (Phi) is 30.2. The van der Waals surface area contributed by atoms with E-state index in [-0.39, 0.29) is 153 Å². The number of carboxylic acids is 1. The van der Waals surface area contributed by atoms with Crippen molar-refractivity contribution in [1.82, 2.24) is 42.1 Å². The van der Waals surface area contributed by atoms with Gasteiger partial charge in [0.05, 0.1) is 6.04 Å². The maximum absolute atomic E-state index is 14.7. The predicted molar refractivity (Wildman–Crippen MR) is 293 cm³/mol. The normalized spacial score (nSPS) is 16.8. The Morgan fingerprint density at radius 1 is 0.456 bits per heavy atom. The van der Waals surface area contributed by atoms with E-state index >= 15 is 0 Å². The number of nitrogens with one attached hydrogen (secondary N) is 7. The lowest BCUT2D eigenvalue weighted by molar-refractivity contribution is -0.144. The summed E-state index contributed by atoms with van der Waals surface area (Å²) in [5.74, 6) is -8.65. The molecule has 0 bridgehead atoms. The van der Waals surface area contributed by atoms with Crippen LogP contribution in [0.3, 0.4) is 0 Å². The number of primary amides is 1. The molecule has 2 aliphatic heterocycles. The van der Waals surface area contributed by atoms with Crippen LogP contribution in [0, 0.1) is 0 Å². The van der Waals surface area contributed by atoms with Crippen LogP contribution in [0.4, 0.5) is 0 Å². The lowest BCUT2D eigenvalue weighted by Gasteiger charge is -2.31. The molecule has 444 valence electrons. The van der Waals surface area contributed by atoms with Crippen molar-refractivity contribution in [2.75, 3.05) is 45.8 Å². The van der Waals surface area contributed by atoms with Gasteiger partial charge >= 0.3 is 5.97 Å². The molecule has 34 heteroatoms. The van der Waals surface area contributed by atoms with E-state index in [1.807, 2.05) is 0 Å². The van der Waals surface area contributed by atoms with Crippen molar-refractivity contribution in [3.63, 3.8) is 0 Å². The van der Waals surface area contributed by atoms with Crippen LogP contribution in [-0.2, 0) is 43.2 Å². The van der Waals surface area contributed by atoms with Gasteiger partial charge in [-0.15, -0.1) is 0 Å². The summed E-state index contributed by atoms with van der Waals surface area (Å²) < 4.78 is 0. The van der Waals surface area contributed by atoms with Crippen LogP contribution in [0.2, 0.25) is 0 Å². The molecule has 0 radical (unpaired) electrons. The highest BCUT2D eigenvalue weighted by Crippen LogP contribution is 2.21. The molecule has 2 aliphatic rings. The zero-order chi connectivity index (χ0) is 59.0. The highest BCUT2D eigenvalue weighted by Gasteiger charge is 2.40.